The zero-order valence-electron chi connectivity index (χ0n) is 12.6. The minimum absolute atomic E-state index is 0.0730. The van der Waals surface area contributed by atoms with Crippen molar-refractivity contribution in [3.05, 3.63) is 47.3 Å². The molecule has 0 bridgehead atoms. The third kappa shape index (κ3) is 2.92. The van der Waals surface area contributed by atoms with Gasteiger partial charge in [-0.15, -0.1) is 0 Å². The topological polar surface area (TPSA) is 50.1 Å². The minimum atomic E-state index is 0.0730. The first-order chi connectivity index (χ1) is 9.54. The number of aromatic nitrogens is 2. The van der Waals surface area contributed by atoms with E-state index >= 15 is 0 Å². The quantitative estimate of drug-likeness (QED) is 0.880. The summed E-state index contributed by atoms with van der Waals surface area (Å²) in [4.78, 5) is 0. The van der Waals surface area contributed by atoms with Gasteiger partial charge >= 0.3 is 0 Å². The molecule has 0 amide bonds. The van der Waals surface area contributed by atoms with E-state index in [2.05, 4.69) is 36.4 Å². The number of aliphatic hydroxyl groups excluding tert-OH is 1. The van der Waals surface area contributed by atoms with Crippen LogP contribution in [-0.2, 0) is 0 Å². The van der Waals surface area contributed by atoms with Gasteiger partial charge < -0.3 is 10.4 Å². The molecule has 1 heterocycles. The van der Waals surface area contributed by atoms with E-state index in [0.29, 0.717) is 0 Å². The third-order valence-electron chi connectivity index (χ3n) is 3.59. The number of nitrogens with one attached hydrogen (secondary N) is 1. The Balaban J connectivity index is 2.34. The highest BCUT2D eigenvalue weighted by Crippen LogP contribution is 2.24. The molecule has 4 heteroatoms. The first kappa shape index (κ1) is 14.8. The molecule has 20 heavy (non-hydrogen) atoms. The Labute approximate surface area is 120 Å². The van der Waals surface area contributed by atoms with Crippen molar-refractivity contribution < 1.29 is 5.11 Å². The second-order valence-corrected chi connectivity index (χ2v) is 5.30. The number of para-hydroxylation sites is 1. The fraction of sp³-hybridized carbons (Fsp3) is 0.438. The van der Waals surface area contributed by atoms with Crippen LogP contribution in [0.4, 0.5) is 0 Å². The molecule has 0 aliphatic rings. The van der Waals surface area contributed by atoms with Crippen molar-refractivity contribution in [3.63, 3.8) is 0 Å². The second kappa shape index (κ2) is 6.20. The van der Waals surface area contributed by atoms with Gasteiger partial charge in [-0.25, -0.2) is 4.68 Å². The molecule has 0 aliphatic heterocycles. The molecule has 0 saturated carbocycles. The largest absolute Gasteiger partial charge is 0.395 e. The van der Waals surface area contributed by atoms with Crippen molar-refractivity contribution >= 4 is 0 Å². The molecule has 2 atom stereocenters. The van der Waals surface area contributed by atoms with E-state index in [1.807, 2.05) is 36.7 Å². The smallest absolute Gasteiger partial charge is 0.0648 e. The van der Waals surface area contributed by atoms with Crippen LogP contribution < -0.4 is 5.32 Å². The lowest BCUT2D eigenvalue weighted by Crippen LogP contribution is -2.32. The average molecular weight is 273 g/mol. The number of rotatable bonds is 5. The number of benzene rings is 1. The summed E-state index contributed by atoms with van der Waals surface area (Å²) in [5, 5.41) is 17.2. The van der Waals surface area contributed by atoms with Gasteiger partial charge in [0.2, 0.25) is 0 Å². The molecule has 0 radical (unpaired) electrons. The number of nitrogens with zero attached hydrogens (tertiary/aromatic N) is 2. The lowest BCUT2D eigenvalue weighted by Gasteiger charge is -2.19. The SMILES string of the molecule is Cc1nn(-c2ccccc2)c(C)c1C(C)N[C@H](C)CO. The molecule has 0 spiro atoms. The van der Waals surface area contributed by atoms with Crippen LogP contribution in [0.15, 0.2) is 30.3 Å². The number of hydrogen-bond acceptors (Lipinski definition) is 3. The first-order valence-electron chi connectivity index (χ1n) is 7.03. The average Bonchev–Trinajstić information content (AvgIpc) is 2.74. The Morgan fingerprint density at radius 1 is 1.20 bits per heavy atom. The number of hydrogen-bond donors (Lipinski definition) is 2. The standard InChI is InChI=1S/C16H23N3O/c1-11(10-20)17-12(2)16-13(3)18-19(14(16)4)15-8-6-5-7-9-15/h5-9,11-12,17,20H,10H2,1-4H3/t11-,12?/m1/s1. The van der Waals surface area contributed by atoms with E-state index in [0.717, 1.165) is 17.1 Å². The summed E-state index contributed by atoms with van der Waals surface area (Å²) < 4.78 is 1.98. The lowest BCUT2D eigenvalue weighted by molar-refractivity contribution is 0.243. The Bertz CT molecular complexity index is 563. The summed E-state index contributed by atoms with van der Waals surface area (Å²) in [5.74, 6) is 0. The predicted octanol–water partition coefficient (Wildman–Crippen LogP) is 2.52. The summed E-state index contributed by atoms with van der Waals surface area (Å²) >= 11 is 0. The number of aliphatic hydroxyl groups is 1. The first-order valence-corrected chi connectivity index (χ1v) is 7.03. The van der Waals surface area contributed by atoms with Crippen LogP contribution in [0.5, 0.6) is 0 Å². The maximum Gasteiger partial charge on any atom is 0.0648 e. The van der Waals surface area contributed by atoms with Gasteiger partial charge in [0.1, 0.15) is 0 Å². The van der Waals surface area contributed by atoms with Gasteiger partial charge in [-0.05, 0) is 39.8 Å². The molecule has 108 valence electrons. The van der Waals surface area contributed by atoms with E-state index in [1.54, 1.807) is 0 Å². The predicted molar refractivity (Wildman–Crippen MR) is 81.1 cm³/mol. The van der Waals surface area contributed by atoms with E-state index < -0.39 is 0 Å². The highest BCUT2D eigenvalue weighted by atomic mass is 16.3. The van der Waals surface area contributed by atoms with Crippen molar-refractivity contribution in [1.82, 2.24) is 15.1 Å². The third-order valence-corrected chi connectivity index (χ3v) is 3.59. The van der Waals surface area contributed by atoms with E-state index in [1.165, 1.54) is 5.56 Å². The Kier molecular flexibility index (Phi) is 4.57. The minimum Gasteiger partial charge on any atom is -0.395 e. The van der Waals surface area contributed by atoms with Crippen molar-refractivity contribution in [2.45, 2.75) is 39.8 Å². The fourth-order valence-corrected chi connectivity index (χ4v) is 2.66. The van der Waals surface area contributed by atoms with Crippen LogP contribution in [0.1, 0.15) is 36.8 Å². The molecule has 0 aliphatic carbocycles. The van der Waals surface area contributed by atoms with Crippen LogP contribution >= 0.6 is 0 Å². The lowest BCUT2D eigenvalue weighted by atomic mass is 10.1. The van der Waals surface area contributed by atoms with E-state index in [9.17, 15) is 0 Å². The molecule has 1 aromatic heterocycles. The molecule has 0 fully saturated rings. The Morgan fingerprint density at radius 3 is 2.45 bits per heavy atom. The van der Waals surface area contributed by atoms with Crippen LogP contribution in [0, 0.1) is 13.8 Å². The van der Waals surface area contributed by atoms with Crippen LogP contribution in [0.3, 0.4) is 0 Å². The van der Waals surface area contributed by atoms with Gasteiger partial charge in [0.25, 0.3) is 0 Å². The van der Waals surface area contributed by atoms with Crippen molar-refractivity contribution in [2.24, 2.45) is 0 Å². The van der Waals surface area contributed by atoms with E-state index in [-0.39, 0.29) is 18.7 Å². The molecule has 4 nitrogen and oxygen atoms in total. The van der Waals surface area contributed by atoms with E-state index in [4.69, 9.17) is 5.11 Å². The highest BCUT2D eigenvalue weighted by molar-refractivity contribution is 5.38. The van der Waals surface area contributed by atoms with Crippen LogP contribution in [0.2, 0.25) is 0 Å². The van der Waals surface area contributed by atoms with Crippen LogP contribution in [-0.4, -0.2) is 27.5 Å². The van der Waals surface area contributed by atoms with Crippen LogP contribution in [0.25, 0.3) is 5.69 Å². The monoisotopic (exact) mass is 273 g/mol. The molecule has 2 rings (SSSR count). The van der Waals surface area contributed by atoms with Gasteiger partial charge in [0, 0.05) is 23.3 Å². The fourth-order valence-electron chi connectivity index (χ4n) is 2.66. The van der Waals surface area contributed by atoms with Crippen molar-refractivity contribution in [3.8, 4) is 5.69 Å². The molecule has 1 aromatic carbocycles. The van der Waals surface area contributed by atoms with Gasteiger partial charge in [-0.2, -0.15) is 5.10 Å². The summed E-state index contributed by atoms with van der Waals surface area (Å²) in [7, 11) is 0. The zero-order valence-corrected chi connectivity index (χ0v) is 12.6. The normalized spacial score (nSPS) is 14.2. The number of aryl methyl sites for hydroxylation is 1. The highest BCUT2D eigenvalue weighted by Gasteiger charge is 2.19. The molecule has 2 N–H and O–H groups in total. The van der Waals surface area contributed by atoms with Gasteiger partial charge in [0.05, 0.1) is 18.0 Å². The molecular weight excluding hydrogens is 250 g/mol. The Hall–Kier alpha value is -1.65. The molecule has 2 aromatic rings. The maximum atomic E-state index is 9.17. The Morgan fingerprint density at radius 2 is 1.85 bits per heavy atom. The zero-order chi connectivity index (χ0) is 14.7. The summed E-state index contributed by atoms with van der Waals surface area (Å²) in [6, 6.07) is 10.4. The summed E-state index contributed by atoms with van der Waals surface area (Å²) in [5.41, 5.74) is 4.44. The molecule has 0 saturated heterocycles. The van der Waals surface area contributed by atoms with Crippen molar-refractivity contribution in [1.29, 1.82) is 0 Å². The van der Waals surface area contributed by atoms with Gasteiger partial charge in [0.15, 0.2) is 0 Å². The maximum absolute atomic E-state index is 9.17. The summed E-state index contributed by atoms with van der Waals surface area (Å²) in [6.45, 7) is 8.34. The second-order valence-electron chi connectivity index (χ2n) is 5.30. The van der Waals surface area contributed by atoms with Gasteiger partial charge in [-0.3, -0.25) is 0 Å². The van der Waals surface area contributed by atoms with Gasteiger partial charge in [-0.1, -0.05) is 18.2 Å². The van der Waals surface area contributed by atoms with Crippen molar-refractivity contribution in [2.75, 3.05) is 6.61 Å². The summed E-state index contributed by atoms with van der Waals surface area (Å²) in [6.07, 6.45) is 0. The molecular formula is C16H23N3O. The molecule has 1 unspecified atom stereocenters.